The summed E-state index contributed by atoms with van der Waals surface area (Å²) in [5.74, 6) is -0.0350. The Balaban J connectivity index is 1.73. The Kier molecular flexibility index (Phi) is 3.97. The molecule has 0 radical (unpaired) electrons. The molecule has 1 fully saturated rings. The molecule has 0 saturated carbocycles. The van der Waals surface area contributed by atoms with Crippen LogP contribution in [0.5, 0.6) is 0 Å². The number of carbonyl (C=O) groups excluding carboxylic acids is 1. The molecule has 4 N–H and O–H groups in total. The highest BCUT2D eigenvalue weighted by molar-refractivity contribution is 5.77. The van der Waals surface area contributed by atoms with Gasteiger partial charge in [0.05, 0.1) is 18.3 Å². The van der Waals surface area contributed by atoms with E-state index in [4.69, 9.17) is 15.6 Å². The van der Waals surface area contributed by atoms with Crippen LogP contribution in [0.3, 0.4) is 0 Å². The second kappa shape index (κ2) is 6.16. The highest BCUT2D eigenvalue weighted by atomic mass is 16.5. The number of fused-ring (bicyclic) bond motifs is 3. The Bertz CT molecular complexity index is 799. The Morgan fingerprint density at radius 1 is 1.36 bits per heavy atom. The fraction of sp³-hybridized carbons (Fsp3) is 0.444. The number of hydrogen-bond acceptors (Lipinski definition) is 6. The third kappa shape index (κ3) is 2.60. The van der Waals surface area contributed by atoms with Gasteiger partial charge in [0.1, 0.15) is 6.04 Å². The van der Waals surface area contributed by atoms with Crippen molar-refractivity contribution in [2.45, 2.75) is 31.8 Å². The number of hydrogen-bond donors (Lipinski definition) is 3. The minimum Gasteiger partial charge on any atom is -0.465 e. The number of hydrazine groups is 1. The standard InChI is InChI=1S/C18H23N5O2/c1-3-25-18(24)17-12-8-9-13-14(16(12)20-21-17)15(22-23(13)2)10-4-6-11(19)7-5-10/h4-7,12,16-17,20-21H,3,8-9,19H2,1-2H3. The molecule has 2 heterocycles. The van der Waals surface area contributed by atoms with Crippen molar-refractivity contribution in [2.24, 2.45) is 13.0 Å². The van der Waals surface area contributed by atoms with Crippen molar-refractivity contribution in [3.63, 3.8) is 0 Å². The molecule has 132 valence electrons. The smallest absolute Gasteiger partial charge is 0.324 e. The summed E-state index contributed by atoms with van der Waals surface area (Å²) in [4.78, 5) is 12.3. The van der Waals surface area contributed by atoms with E-state index < -0.39 is 0 Å². The van der Waals surface area contributed by atoms with Crippen LogP contribution in [0.25, 0.3) is 11.3 Å². The first kappa shape index (κ1) is 16.1. The molecule has 2 aliphatic rings. The molecule has 0 spiro atoms. The Morgan fingerprint density at radius 3 is 2.84 bits per heavy atom. The molecular weight excluding hydrogens is 318 g/mol. The lowest BCUT2D eigenvalue weighted by atomic mass is 9.78. The van der Waals surface area contributed by atoms with E-state index in [1.54, 1.807) is 0 Å². The number of esters is 1. The minimum atomic E-state index is -0.322. The van der Waals surface area contributed by atoms with Crippen LogP contribution in [0.1, 0.15) is 30.6 Å². The first-order chi connectivity index (χ1) is 12.1. The molecule has 3 unspecified atom stereocenters. The van der Waals surface area contributed by atoms with Gasteiger partial charge in [-0.15, -0.1) is 0 Å². The summed E-state index contributed by atoms with van der Waals surface area (Å²) < 4.78 is 7.17. The van der Waals surface area contributed by atoms with Crippen LogP contribution in [0.4, 0.5) is 5.69 Å². The van der Waals surface area contributed by atoms with Crippen LogP contribution < -0.4 is 16.6 Å². The molecule has 3 atom stereocenters. The average Bonchev–Trinajstić information content (AvgIpc) is 3.17. The summed E-state index contributed by atoms with van der Waals surface area (Å²) >= 11 is 0. The largest absolute Gasteiger partial charge is 0.465 e. The van der Waals surface area contributed by atoms with Crippen LogP contribution in [-0.4, -0.2) is 28.4 Å². The van der Waals surface area contributed by atoms with Gasteiger partial charge in [-0.05, 0) is 31.9 Å². The second-order valence-electron chi connectivity index (χ2n) is 6.65. The van der Waals surface area contributed by atoms with Crippen molar-refractivity contribution < 1.29 is 9.53 Å². The number of ether oxygens (including phenoxy) is 1. The van der Waals surface area contributed by atoms with Crippen molar-refractivity contribution in [1.29, 1.82) is 0 Å². The predicted molar refractivity (Wildman–Crippen MR) is 94.3 cm³/mol. The van der Waals surface area contributed by atoms with Gasteiger partial charge < -0.3 is 10.5 Å². The quantitative estimate of drug-likeness (QED) is 0.576. The van der Waals surface area contributed by atoms with Gasteiger partial charge in [0, 0.05) is 35.5 Å². The summed E-state index contributed by atoms with van der Waals surface area (Å²) in [6.07, 6.45) is 1.82. The van der Waals surface area contributed by atoms with Crippen LogP contribution in [0, 0.1) is 5.92 Å². The summed E-state index contributed by atoms with van der Waals surface area (Å²) in [5, 5.41) is 4.75. The first-order valence-corrected chi connectivity index (χ1v) is 8.69. The van der Waals surface area contributed by atoms with Gasteiger partial charge in [-0.25, -0.2) is 10.9 Å². The highest BCUT2D eigenvalue weighted by Crippen LogP contribution is 2.43. The number of nitrogens with one attached hydrogen (secondary N) is 2. The van der Waals surface area contributed by atoms with Crippen LogP contribution in [0.15, 0.2) is 24.3 Å². The van der Waals surface area contributed by atoms with Crippen molar-refractivity contribution >= 4 is 11.7 Å². The molecule has 7 nitrogen and oxygen atoms in total. The molecule has 25 heavy (non-hydrogen) atoms. The summed E-state index contributed by atoms with van der Waals surface area (Å²) in [6.45, 7) is 2.22. The summed E-state index contributed by atoms with van der Waals surface area (Å²) in [7, 11) is 1.98. The number of carbonyl (C=O) groups is 1. The lowest BCUT2D eigenvalue weighted by Gasteiger charge is -2.27. The van der Waals surface area contributed by atoms with Crippen molar-refractivity contribution in [1.82, 2.24) is 20.6 Å². The maximum absolute atomic E-state index is 12.3. The van der Waals surface area contributed by atoms with Gasteiger partial charge in [-0.3, -0.25) is 9.48 Å². The summed E-state index contributed by atoms with van der Waals surface area (Å²) in [5.41, 5.74) is 17.4. The number of nitrogen functional groups attached to an aromatic ring is 1. The molecule has 1 aromatic carbocycles. The third-order valence-corrected chi connectivity index (χ3v) is 5.21. The maximum Gasteiger partial charge on any atom is 0.324 e. The normalized spacial score (nSPS) is 24.6. The number of nitrogens with zero attached hydrogens (tertiary/aromatic N) is 2. The van der Waals surface area contributed by atoms with Crippen molar-refractivity contribution in [2.75, 3.05) is 12.3 Å². The molecule has 2 aromatic rings. The SMILES string of the molecule is CCOC(=O)C1NNC2c3c(-c4ccc(N)cc4)nn(C)c3CCC12. The van der Waals surface area contributed by atoms with Crippen molar-refractivity contribution in [3.8, 4) is 11.3 Å². The van der Waals surface area contributed by atoms with Gasteiger partial charge in [-0.2, -0.15) is 5.10 Å². The first-order valence-electron chi connectivity index (χ1n) is 8.69. The van der Waals surface area contributed by atoms with E-state index in [1.165, 1.54) is 11.3 Å². The number of rotatable bonds is 3. The van der Waals surface area contributed by atoms with Gasteiger partial charge in [0.15, 0.2) is 0 Å². The monoisotopic (exact) mass is 341 g/mol. The average molecular weight is 341 g/mol. The Labute approximate surface area is 146 Å². The van der Waals surface area contributed by atoms with Gasteiger partial charge in [0.25, 0.3) is 0 Å². The lowest BCUT2D eigenvalue weighted by molar-refractivity contribution is -0.146. The molecule has 0 amide bonds. The zero-order valence-corrected chi connectivity index (χ0v) is 14.5. The maximum atomic E-state index is 12.3. The molecule has 1 aliphatic heterocycles. The van der Waals surface area contributed by atoms with Crippen molar-refractivity contribution in [3.05, 3.63) is 35.5 Å². The minimum absolute atomic E-state index is 0.0411. The number of nitrogens with two attached hydrogens (primary N) is 1. The molecule has 1 aliphatic carbocycles. The molecule has 7 heteroatoms. The van der Waals surface area contributed by atoms with Gasteiger partial charge in [-0.1, -0.05) is 12.1 Å². The lowest BCUT2D eigenvalue weighted by Crippen LogP contribution is -2.40. The molecule has 4 rings (SSSR count). The fourth-order valence-electron chi connectivity index (χ4n) is 4.03. The molecule has 1 aromatic heterocycles. The summed E-state index contributed by atoms with van der Waals surface area (Å²) in [6, 6.07) is 7.48. The molecular formula is C18H23N5O2. The Morgan fingerprint density at radius 2 is 2.12 bits per heavy atom. The number of aryl methyl sites for hydroxylation is 1. The van der Waals surface area contributed by atoms with Crippen LogP contribution in [0.2, 0.25) is 0 Å². The van der Waals surface area contributed by atoms with E-state index in [0.717, 1.165) is 29.8 Å². The predicted octanol–water partition coefficient (Wildman–Crippen LogP) is 1.31. The second-order valence-corrected chi connectivity index (χ2v) is 6.65. The van der Waals surface area contributed by atoms with Crippen LogP contribution in [-0.2, 0) is 23.0 Å². The highest BCUT2D eigenvalue weighted by Gasteiger charge is 2.46. The third-order valence-electron chi connectivity index (χ3n) is 5.21. The molecule has 0 bridgehead atoms. The fourth-order valence-corrected chi connectivity index (χ4v) is 4.03. The van der Waals surface area contributed by atoms with Crippen LogP contribution >= 0.6 is 0 Å². The molecule has 1 saturated heterocycles. The van der Waals surface area contributed by atoms with E-state index in [-0.39, 0.29) is 24.0 Å². The van der Waals surface area contributed by atoms with E-state index in [1.807, 2.05) is 42.9 Å². The zero-order valence-electron chi connectivity index (χ0n) is 14.5. The number of benzene rings is 1. The van der Waals surface area contributed by atoms with E-state index in [2.05, 4.69) is 10.9 Å². The zero-order chi connectivity index (χ0) is 17.6. The van der Waals surface area contributed by atoms with Gasteiger partial charge in [0.2, 0.25) is 0 Å². The topological polar surface area (TPSA) is 94.2 Å². The number of aromatic nitrogens is 2. The van der Waals surface area contributed by atoms with E-state index >= 15 is 0 Å². The Hall–Kier alpha value is -2.38. The van der Waals surface area contributed by atoms with E-state index in [0.29, 0.717) is 6.61 Å². The number of anilines is 1. The van der Waals surface area contributed by atoms with Gasteiger partial charge >= 0.3 is 5.97 Å². The van der Waals surface area contributed by atoms with E-state index in [9.17, 15) is 4.79 Å².